The Kier molecular flexibility index (Phi) is 5.93. The topological polar surface area (TPSA) is 42.5 Å². The molecule has 7 rings (SSSR count). The molecule has 5 aliphatic rings. The highest BCUT2D eigenvalue weighted by Crippen LogP contribution is 2.58. The maximum absolute atomic E-state index is 13.8. The maximum atomic E-state index is 13.8. The predicted octanol–water partition coefficient (Wildman–Crippen LogP) is 7.30. The van der Waals surface area contributed by atoms with Gasteiger partial charge in [-0.1, -0.05) is 12.1 Å². The molecule has 1 aromatic carbocycles. The molecule has 1 heterocycles. The molecule has 5 aliphatic carbocycles. The molecule has 0 saturated heterocycles. The van der Waals surface area contributed by atoms with Crippen LogP contribution < -0.4 is 4.90 Å². The SMILES string of the molecule is [C-]#[N+]c1cccc(N(CC23CCC(c4cc(C5CC5)nn4C)(CC2)CC3)C(=O)C2CCC(F)(F)CC2)c1. The molecular formula is C30H36F2N4O. The number of rotatable bonds is 6. The highest BCUT2D eigenvalue weighted by molar-refractivity contribution is 5.95. The second-order valence-electron chi connectivity index (χ2n) is 12.3. The Morgan fingerprint density at radius 3 is 2.35 bits per heavy atom. The van der Waals surface area contributed by atoms with Gasteiger partial charge in [0.2, 0.25) is 11.8 Å². The zero-order chi connectivity index (χ0) is 25.8. The third-order valence-electron chi connectivity index (χ3n) is 9.94. The first-order chi connectivity index (χ1) is 17.7. The number of aromatic nitrogens is 2. The lowest BCUT2D eigenvalue weighted by Gasteiger charge is -2.54. The first kappa shape index (κ1) is 24.6. The van der Waals surface area contributed by atoms with Crippen molar-refractivity contribution < 1.29 is 13.6 Å². The summed E-state index contributed by atoms with van der Waals surface area (Å²) in [5.41, 5.74) is 4.06. The normalized spacial score (nSPS) is 29.1. The number of carbonyl (C=O) groups is 1. The Balaban J connectivity index is 1.23. The van der Waals surface area contributed by atoms with Crippen LogP contribution in [0.25, 0.3) is 4.85 Å². The van der Waals surface area contributed by atoms with Gasteiger partial charge in [0.15, 0.2) is 5.69 Å². The molecule has 1 amide bonds. The minimum atomic E-state index is -2.66. The number of hydrogen-bond donors (Lipinski definition) is 0. The van der Waals surface area contributed by atoms with Crippen molar-refractivity contribution in [3.8, 4) is 0 Å². The molecule has 0 aliphatic heterocycles. The van der Waals surface area contributed by atoms with Crippen LogP contribution in [0.2, 0.25) is 0 Å². The molecule has 1 aromatic heterocycles. The lowest BCUT2D eigenvalue weighted by molar-refractivity contribution is -0.127. The first-order valence-electron chi connectivity index (χ1n) is 13.9. The van der Waals surface area contributed by atoms with E-state index in [4.69, 9.17) is 11.7 Å². The van der Waals surface area contributed by atoms with Gasteiger partial charge >= 0.3 is 0 Å². The Bertz CT molecular complexity index is 1210. The van der Waals surface area contributed by atoms with Crippen LogP contribution in [-0.4, -0.2) is 28.2 Å². The average Bonchev–Trinajstić information content (AvgIpc) is 3.69. The molecule has 2 bridgehead atoms. The van der Waals surface area contributed by atoms with Gasteiger partial charge < -0.3 is 4.90 Å². The summed E-state index contributed by atoms with van der Waals surface area (Å²) in [6.07, 6.45) is 8.94. The summed E-state index contributed by atoms with van der Waals surface area (Å²) in [6, 6.07) is 9.61. The lowest BCUT2D eigenvalue weighted by atomic mass is 9.52. The van der Waals surface area contributed by atoms with Gasteiger partial charge in [-0.05, 0) is 87.8 Å². The molecule has 37 heavy (non-hydrogen) atoms. The number of halogens is 2. The molecule has 0 spiro atoms. The third-order valence-corrected chi connectivity index (χ3v) is 9.94. The standard InChI is InChI=1S/C30H36F2N4O/c1-33-23-4-3-5-24(18-23)36(27(37)22-8-10-30(31,32)11-9-22)20-28-12-15-29(16-13-28,17-14-28)26-19-25(21-6-7-21)34-35(26)2/h3-5,18-19,21-22H,6-17,20H2,2H3. The van der Waals surface area contributed by atoms with Crippen LogP contribution in [0, 0.1) is 17.9 Å². The largest absolute Gasteiger partial charge is 0.313 e. The van der Waals surface area contributed by atoms with Crippen LogP contribution >= 0.6 is 0 Å². The summed E-state index contributed by atoms with van der Waals surface area (Å²) in [7, 11) is 2.09. The molecule has 5 fully saturated rings. The van der Waals surface area contributed by atoms with E-state index < -0.39 is 5.92 Å². The number of fused-ring (bicyclic) bond motifs is 3. The summed E-state index contributed by atoms with van der Waals surface area (Å²) < 4.78 is 29.8. The number of anilines is 1. The van der Waals surface area contributed by atoms with E-state index >= 15 is 0 Å². The third kappa shape index (κ3) is 4.57. The van der Waals surface area contributed by atoms with Gasteiger partial charge in [-0.15, -0.1) is 0 Å². The Hall–Kier alpha value is -2.75. The molecule has 5 saturated carbocycles. The van der Waals surface area contributed by atoms with Gasteiger partial charge in [0.25, 0.3) is 0 Å². The van der Waals surface area contributed by atoms with Crippen LogP contribution in [-0.2, 0) is 17.3 Å². The van der Waals surface area contributed by atoms with Crippen LogP contribution in [0.5, 0.6) is 0 Å². The van der Waals surface area contributed by atoms with E-state index in [9.17, 15) is 13.6 Å². The quantitative estimate of drug-likeness (QED) is 0.386. The van der Waals surface area contributed by atoms with Gasteiger partial charge in [0.1, 0.15) is 0 Å². The molecule has 0 N–H and O–H groups in total. The van der Waals surface area contributed by atoms with E-state index in [0.717, 1.165) is 44.2 Å². The number of carbonyl (C=O) groups excluding carboxylic acids is 1. The fourth-order valence-electron chi connectivity index (χ4n) is 7.32. The van der Waals surface area contributed by atoms with Crippen molar-refractivity contribution in [3.63, 3.8) is 0 Å². The molecule has 0 radical (unpaired) electrons. The number of benzene rings is 1. The average molecular weight is 507 g/mol. The zero-order valence-corrected chi connectivity index (χ0v) is 21.7. The highest BCUT2D eigenvalue weighted by Gasteiger charge is 2.52. The summed E-state index contributed by atoms with van der Waals surface area (Å²) in [5, 5.41) is 4.85. The predicted molar refractivity (Wildman–Crippen MR) is 139 cm³/mol. The van der Waals surface area contributed by atoms with Crippen molar-refractivity contribution in [1.29, 1.82) is 0 Å². The summed E-state index contributed by atoms with van der Waals surface area (Å²) >= 11 is 0. The molecule has 196 valence electrons. The molecule has 7 heteroatoms. The summed E-state index contributed by atoms with van der Waals surface area (Å²) in [5.74, 6) is -2.44. The summed E-state index contributed by atoms with van der Waals surface area (Å²) in [6.45, 7) is 8.05. The van der Waals surface area contributed by atoms with E-state index in [2.05, 4.69) is 22.6 Å². The number of hydrogen-bond acceptors (Lipinski definition) is 2. The van der Waals surface area contributed by atoms with Crippen molar-refractivity contribution in [2.45, 2.75) is 94.3 Å². The van der Waals surface area contributed by atoms with E-state index in [-0.39, 0.29) is 48.3 Å². The minimum absolute atomic E-state index is 0.0298. The minimum Gasteiger partial charge on any atom is -0.313 e. The van der Waals surface area contributed by atoms with E-state index in [1.165, 1.54) is 24.2 Å². The molecule has 0 unspecified atom stereocenters. The lowest BCUT2D eigenvalue weighted by Crippen LogP contribution is -2.52. The van der Waals surface area contributed by atoms with Crippen molar-refractivity contribution in [3.05, 3.63) is 53.1 Å². The fraction of sp³-hybridized carbons (Fsp3) is 0.633. The zero-order valence-electron chi connectivity index (χ0n) is 21.7. The van der Waals surface area contributed by atoms with E-state index in [0.29, 0.717) is 18.2 Å². The maximum Gasteiger partial charge on any atom is 0.248 e. The highest BCUT2D eigenvalue weighted by atomic mass is 19.3. The molecule has 5 nitrogen and oxygen atoms in total. The van der Waals surface area contributed by atoms with Crippen molar-refractivity contribution in [1.82, 2.24) is 9.78 Å². The first-order valence-corrected chi connectivity index (χ1v) is 13.9. The monoisotopic (exact) mass is 506 g/mol. The van der Waals surface area contributed by atoms with Crippen LogP contribution in [0.3, 0.4) is 0 Å². The van der Waals surface area contributed by atoms with Crippen LogP contribution in [0.4, 0.5) is 20.2 Å². The van der Waals surface area contributed by atoms with Crippen LogP contribution in [0.1, 0.15) is 94.4 Å². The van der Waals surface area contributed by atoms with Gasteiger partial charge in [0, 0.05) is 55.1 Å². The molecular weight excluding hydrogens is 470 g/mol. The van der Waals surface area contributed by atoms with Gasteiger partial charge in [-0.25, -0.2) is 13.6 Å². The van der Waals surface area contributed by atoms with E-state index in [1.54, 1.807) is 12.1 Å². The second kappa shape index (κ2) is 8.92. The van der Waals surface area contributed by atoms with Gasteiger partial charge in [0.05, 0.1) is 12.3 Å². The smallest absolute Gasteiger partial charge is 0.248 e. The number of amides is 1. The van der Waals surface area contributed by atoms with Crippen molar-refractivity contribution in [2.24, 2.45) is 18.4 Å². The van der Waals surface area contributed by atoms with Crippen LogP contribution in [0.15, 0.2) is 30.3 Å². The Morgan fingerprint density at radius 1 is 1.05 bits per heavy atom. The van der Waals surface area contributed by atoms with Gasteiger partial charge in [-0.3, -0.25) is 9.48 Å². The Labute approximate surface area is 218 Å². The van der Waals surface area contributed by atoms with Crippen molar-refractivity contribution in [2.75, 3.05) is 11.4 Å². The molecule has 0 atom stereocenters. The number of alkyl halides is 2. The van der Waals surface area contributed by atoms with Crippen molar-refractivity contribution >= 4 is 17.3 Å². The van der Waals surface area contributed by atoms with Gasteiger partial charge in [-0.2, -0.15) is 5.10 Å². The second-order valence-corrected chi connectivity index (χ2v) is 12.3. The number of aryl methyl sites for hydroxylation is 1. The van der Waals surface area contributed by atoms with E-state index in [1.807, 2.05) is 17.0 Å². The summed E-state index contributed by atoms with van der Waals surface area (Å²) in [4.78, 5) is 19.3. The molecule has 2 aromatic rings. The number of nitrogens with zero attached hydrogens (tertiary/aromatic N) is 4. The fourth-order valence-corrected chi connectivity index (χ4v) is 7.32. The Morgan fingerprint density at radius 2 is 1.73 bits per heavy atom.